The fourth-order valence-electron chi connectivity index (χ4n) is 3.91. The van der Waals surface area contributed by atoms with E-state index in [0.717, 1.165) is 5.56 Å². The fraction of sp³-hybridized carbons (Fsp3) is 0.391. The summed E-state index contributed by atoms with van der Waals surface area (Å²) in [6.07, 6.45) is 0.394. The molecule has 29 heavy (non-hydrogen) atoms. The van der Waals surface area contributed by atoms with Crippen LogP contribution >= 0.6 is 0 Å². The van der Waals surface area contributed by atoms with Crippen LogP contribution in [0.2, 0.25) is 0 Å². The average molecular weight is 390 g/mol. The first-order valence-electron chi connectivity index (χ1n) is 9.68. The van der Waals surface area contributed by atoms with Crippen LogP contribution in [-0.4, -0.2) is 25.4 Å². The summed E-state index contributed by atoms with van der Waals surface area (Å²) in [7, 11) is 5.76. The third-order valence-electron chi connectivity index (χ3n) is 5.56. The molecule has 1 amide bonds. The summed E-state index contributed by atoms with van der Waals surface area (Å²) in [5.41, 5.74) is 0.648. The van der Waals surface area contributed by atoms with Crippen LogP contribution in [0, 0.1) is 22.6 Å². The molecule has 0 unspecified atom stereocenters. The van der Waals surface area contributed by atoms with Crippen molar-refractivity contribution in [3.05, 3.63) is 65.5 Å². The van der Waals surface area contributed by atoms with Gasteiger partial charge in [-0.2, -0.15) is 5.26 Å². The molecule has 0 spiro atoms. The van der Waals surface area contributed by atoms with Gasteiger partial charge in [-0.15, -0.1) is 0 Å². The Morgan fingerprint density at radius 2 is 1.86 bits per heavy atom. The van der Waals surface area contributed by atoms with Gasteiger partial charge in [-0.25, -0.2) is 9.18 Å². The van der Waals surface area contributed by atoms with Crippen LogP contribution < -0.4 is 5.46 Å². The Bertz CT molecular complexity index is 921. The highest BCUT2D eigenvalue weighted by Gasteiger charge is 2.46. The minimum Gasteiger partial charge on any atom is -0.438 e. The molecule has 1 aliphatic rings. The second kappa shape index (κ2) is 7.90. The number of halogens is 1. The molecule has 2 atom stereocenters. The first kappa shape index (κ1) is 20.9. The number of nitriles is 1. The summed E-state index contributed by atoms with van der Waals surface area (Å²) in [4.78, 5) is 14.7. The highest BCUT2D eigenvalue weighted by Crippen LogP contribution is 2.44. The zero-order valence-corrected chi connectivity index (χ0v) is 17.0. The van der Waals surface area contributed by atoms with Crippen molar-refractivity contribution < 1.29 is 13.9 Å². The summed E-state index contributed by atoms with van der Waals surface area (Å²) in [5, 5.41) is 9.54. The van der Waals surface area contributed by atoms with Crippen LogP contribution in [0.4, 0.5) is 9.18 Å². The fourth-order valence-corrected chi connectivity index (χ4v) is 3.91. The molecule has 6 heteroatoms. The smallest absolute Gasteiger partial charge is 0.411 e. The maximum Gasteiger partial charge on any atom is 0.411 e. The van der Waals surface area contributed by atoms with Gasteiger partial charge in [0.25, 0.3) is 0 Å². The van der Waals surface area contributed by atoms with Crippen LogP contribution in [0.3, 0.4) is 0 Å². The molecule has 1 saturated heterocycles. The summed E-state index contributed by atoms with van der Waals surface area (Å²) >= 11 is 0. The molecule has 0 saturated carbocycles. The minimum atomic E-state index is -0.971. The number of ether oxygens (including phenoxy) is 1. The van der Waals surface area contributed by atoms with Crippen molar-refractivity contribution in [2.75, 3.05) is 6.54 Å². The molecule has 1 fully saturated rings. The number of hydrogen-bond acceptors (Lipinski definition) is 3. The highest BCUT2D eigenvalue weighted by atomic mass is 19.1. The van der Waals surface area contributed by atoms with Crippen LogP contribution in [0.15, 0.2) is 48.5 Å². The molecule has 0 bridgehead atoms. The number of cyclic esters (lactones) is 1. The zero-order valence-electron chi connectivity index (χ0n) is 17.0. The topological polar surface area (TPSA) is 53.3 Å². The standard InChI is InChI=1S/C23H24BFN2O2/c1-16(17-4-8-19(24)9-5-17)27-13-12-23(29-21(27)28,14-22(2,3)15-26)18-6-10-20(25)11-7-18/h4-11,16H,12-14H2,1-3H3/t16-,23-/m0/s1. The molecule has 4 nitrogen and oxygen atoms in total. The number of benzene rings is 2. The number of amides is 1. The first-order chi connectivity index (χ1) is 13.7. The molecule has 1 heterocycles. The second-order valence-electron chi connectivity index (χ2n) is 8.33. The SMILES string of the molecule is [B]c1ccc([C@H](C)N2CC[C@](CC(C)(C)C#N)(c3ccc(F)cc3)OC2=O)cc1. The van der Waals surface area contributed by atoms with E-state index < -0.39 is 17.1 Å². The van der Waals surface area contributed by atoms with Gasteiger partial charge in [0.1, 0.15) is 19.3 Å². The van der Waals surface area contributed by atoms with Crippen LogP contribution in [0.25, 0.3) is 0 Å². The number of rotatable bonds is 5. The monoisotopic (exact) mass is 390 g/mol. The lowest BCUT2D eigenvalue weighted by Gasteiger charge is -2.45. The molecular weight excluding hydrogens is 366 g/mol. The maximum atomic E-state index is 13.5. The Labute approximate surface area is 172 Å². The summed E-state index contributed by atoms with van der Waals surface area (Å²) in [6.45, 7) is 6.03. The Hall–Kier alpha value is -2.81. The van der Waals surface area contributed by atoms with Gasteiger partial charge in [0.15, 0.2) is 0 Å². The lowest BCUT2D eigenvalue weighted by atomic mass is 9.75. The van der Waals surface area contributed by atoms with Gasteiger partial charge in [0.05, 0.1) is 17.5 Å². The average Bonchev–Trinajstić information content (AvgIpc) is 2.68. The van der Waals surface area contributed by atoms with E-state index in [1.165, 1.54) is 12.1 Å². The number of carbonyl (C=O) groups is 1. The Morgan fingerprint density at radius 1 is 1.24 bits per heavy atom. The zero-order chi connectivity index (χ0) is 21.2. The van der Waals surface area contributed by atoms with Crippen LogP contribution in [0.1, 0.15) is 50.8 Å². The molecule has 148 valence electrons. The third kappa shape index (κ3) is 4.45. The van der Waals surface area contributed by atoms with Gasteiger partial charge in [0, 0.05) is 19.4 Å². The van der Waals surface area contributed by atoms with Crippen molar-refractivity contribution >= 4 is 19.4 Å². The van der Waals surface area contributed by atoms with Gasteiger partial charge in [0.2, 0.25) is 0 Å². The van der Waals surface area contributed by atoms with E-state index >= 15 is 0 Å². The normalized spacial score (nSPS) is 20.7. The number of nitrogens with zero attached hydrogens (tertiary/aromatic N) is 2. The quantitative estimate of drug-likeness (QED) is 0.713. The van der Waals surface area contributed by atoms with Crippen LogP contribution in [-0.2, 0) is 10.3 Å². The Kier molecular flexibility index (Phi) is 5.70. The molecule has 0 N–H and O–H groups in total. The van der Waals surface area contributed by atoms with Gasteiger partial charge >= 0.3 is 6.09 Å². The van der Waals surface area contributed by atoms with Crippen LogP contribution in [0.5, 0.6) is 0 Å². The molecule has 2 radical (unpaired) electrons. The van der Waals surface area contributed by atoms with E-state index in [2.05, 4.69) is 6.07 Å². The molecule has 1 aliphatic heterocycles. The van der Waals surface area contributed by atoms with E-state index in [4.69, 9.17) is 12.6 Å². The second-order valence-corrected chi connectivity index (χ2v) is 8.33. The summed E-state index contributed by atoms with van der Waals surface area (Å²) < 4.78 is 19.5. The first-order valence-corrected chi connectivity index (χ1v) is 9.68. The van der Waals surface area contributed by atoms with E-state index in [1.807, 2.05) is 32.9 Å². The molecular formula is C23H24BFN2O2. The predicted octanol–water partition coefficient (Wildman–Crippen LogP) is 4.36. The van der Waals surface area contributed by atoms with Crippen molar-refractivity contribution in [2.24, 2.45) is 5.41 Å². The van der Waals surface area contributed by atoms with E-state index in [1.54, 1.807) is 29.2 Å². The van der Waals surface area contributed by atoms with Gasteiger partial charge in [-0.05, 0) is 44.0 Å². The lowest BCUT2D eigenvalue weighted by Crippen LogP contribution is -2.50. The summed E-state index contributed by atoms with van der Waals surface area (Å²) in [6, 6.07) is 15.5. The van der Waals surface area contributed by atoms with Crippen molar-refractivity contribution in [2.45, 2.75) is 45.3 Å². The van der Waals surface area contributed by atoms with E-state index in [9.17, 15) is 14.4 Å². The Balaban J connectivity index is 1.89. The maximum absolute atomic E-state index is 13.5. The van der Waals surface area contributed by atoms with E-state index in [0.29, 0.717) is 30.4 Å². The Morgan fingerprint density at radius 3 is 2.41 bits per heavy atom. The van der Waals surface area contributed by atoms with Crippen molar-refractivity contribution in [1.29, 1.82) is 5.26 Å². The van der Waals surface area contributed by atoms with Gasteiger partial charge in [-0.1, -0.05) is 41.9 Å². The molecule has 3 rings (SSSR count). The minimum absolute atomic E-state index is 0.182. The predicted molar refractivity (Wildman–Crippen MR) is 110 cm³/mol. The molecule has 2 aromatic rings. The van der Waals surface area contributed by atoms with E-state index in [-0.39, 0.29) is 11.9 Å². The molecule has 2 aromatic carbocycles. The molecule has 0 aromatic heterocycles. The van der Waals surface area contributed by atoms with Gasteiger partial charge in [-0.3, -0.25) is 0 Å². The number of hydrogen-bond donors (Lipinski definition) is 0. The van der Waals surface area contributed by atoms with Crippen molar-refractivity contribution in [3.63, 3.8) is 0 Å². The molecule has 0 aliphatic carbocycles. The highest BCUT2D eigenvalue weighted by molar-refractivity contribution is 6.32. The summed E-state index contributed by atoms with van der Waals surface area (Å²) in [5.74, 6) is -0.357. The largest absolute Gasteiger partial charge is 0.438 e. The lowest BCUT2D eigenvalue weighted by molar-refractivity contribution is -0.0770. The van der Waals surface area contributed by atoms with Crippen molar-refractivity contribution in [3.8, 4) is 6.07 Å². The third-order valence-corrected chi connectivity index (χ3v) is 5.56. The van der Waals surface area contributed by atoms with Crippen molar-refractivity contribution in [1.82, 2.24) is 4.90 Å². The number of carbonyl (C=O) groups excluding carboxylic acids is 1. The van der Waals surface area contributed by atoms with Gasteiger partial charge < -0.3 is 9.64 Å².